The van der Waals surface area contributed by atoms with Crippen LogP contribution in [0.4, 0.5) is 5.82 Å². The molecule has 1 atom stereocenters. The third-order valence-corrected chi connectivity index (χ3v) is 3.28. The van der Waals surface area contributed by atoms with E-state index < -0.39 is 6.10 Å². The van der Waals surface area contributed by atoms with Crippen LogP contribution in [0.5, 0.6) is 5.75 Å². The van der Waals surface area contributed by atoms with Gasteiger partial charge in [-0.25, -0.2) is 0 Å². The van der Waals surface area contributed by atoms with Crippen LogP contribution in [0, 0.1) is 6.92 Å². The summed E-state index contributed by atoms with van der Waals surface area (Å²) in [6.07, 6.45) is 1.30. The molecule has 2 rings (SSSR count). The molecule has 1 heterocycles. The topological polar surface area (TPSA) is 71.3 Å². The Bertz CT molecular complexity index is 537. The normalized spacial score (nSPS) is 12.1. The van der Waals surface area contributed by atoms with Crippen LogP contribution in [0.15, 0.2) is 36.5 Å². The molecule has 0 amide bonds. The first-order valence-electron chi connectivity index (χ1n) is 7.46. The predicted molar refractivity (Wildman–Crippen MR) is 87.2 cm³/mol. The van der Waals surface area contributed by atoms with E-state index in [2.05, 4.69) is 15.7 Å². The first-order chi connectivity index (χ1) is 10.7. The van der Waals surface area contributed by atoms with Crippen molar-refractivity contribution in [2.24, 2.45) is 7.05 Å². The van der Waals surface area contributed by atoms with Crippen LogP contribution < -0.4 is 15.4 Å². The van der Waals surface area contributed by atoms with Gasteiger partial charge in [0.15, 0.2) is 0 Å². The lowest BCUT2D eigenvalue weighted by atomic mass is 10.3. The Balaban J connectivity index is 1.56. The van der Waals surface area contributed by atoms with Crippen LogP contribution >= 0.6 is 0 Å². The van der Waals surface area contributed by atoms with Gasteiger partial charge in [-0.1, -0.05) is 18.2 Å². The van der Waals surface area contributed by atoms with Crippen molar-refractivity contribution in [3.63, 3.8) is 0 Å². The maximum Gasteiger partial charge on any atom is 0.126 e. The minimum absolute atomic E-state index is 0.283. The Hall–Kier alpha value is -2.05. The summed E-state index contributed by atoms with van der Waals surface area (Å²) in [7, 11) is 1.91. The van der Waals surface area contributed by atoms with E-state index >= 15 is 0 Å². The van der Waals surface area contributed by atoms with Crippen molar-refractivity contribution >= 4 is 5.82 Å². The maximum absolute atomic E-state index is 9.86. The van der Waals surface area contributed by atoms with Crippen molar-refractivity contribution in [1.82, 2.24) is 15.1 Å². The summed E-state index contributed by atoms with van der Waals surface area (Å²) in [5, 5.41) is 20.6. The Morgan fingerprint density at radius 2 is 2.05 bits per heavy atom. The van der Waals surface area contributed by atoms with Gasteiger partial charge in [0.1, 0.15) is 24.3 Å². The number of benzene rings is 1. The molecule has 6 nitrogen and oxygen atoms in total. The van der Waals surface area contributed by atoms with E-state index in [1.807, 2.05) is 55.2 Å². The molecule has 0 aliphatic heterocycles. The van der Waals surface area contributed by atoms with E-state index in [4.69, 9.17) is 4.74 Å². The van der Waals surface area contributed by atoms with Gasteiger partial charge in [-0.2, -0.15) is 5.10 Å². The van der Waals surface area contributed by atoms with Gasteiger partial charge in [0.25, 0.3) is 0 Å². The quantitative estimate of drug-likeness (QED) is 0.607. The minimum atomic E-state index is -0.529. The van der Waals surface area contributed by atoms with Crippen molar-refractivity contribution in [2.45, 2.75) is 13.0 Å². The number of aryl methyl sites for hydroxylation is 2. The van der Waals surface area contributed by atoms with Crippen molar-refractivity contribution in [3.05, 3.63) is 42.1 Å². The van der Waals surface area contributed by atoms with Gasteiger partial charge in [0.05, 0.1) is 6.20 Å². The van der Waals surface area contributed by atoms with Gasteiger partial charge < -0.3 is 20.5 Å². The first kappa shape index (κ1) is 16.3. The molecule has 120 valence electrons. The van der Waals surface area contributed by atoms with Crippen LogP contribution in [0.1, 0.15) is 5.56 Å². The van der Waals surface area contributed by atoms with Gasteiger partial charge >= 0.3 is 0 Å². The molecule has 0 aliphatic carbocycles. The number of hydrogen-bond acceptors (Lipinski definition) is 5. The number of rotatable bonds is 9. The molecule has 0 saturated heterocycles. The summed E-state index contributed by atoms with van der Waals surface area (Å²) in [6.45, 7) is 4.33. The van der Waals surface area contributed by atoms with Crippen LogP contribution in [-0.2, 0) is 7.05 Å². The molecule has 0 aliphatic rings. The largest absolute Gasteiger partial charge is 0.491 e. The Morgan fingerprint density at radius 1 is 1.27 bits per heavy atom. The fraction of sp³-hybridized carbons (Fsp3) is 0.438. The fourth-order valence-corrected chi connectivity index (χ4v) is 2.11. The number of nitrogens with zero attached hydrogens (tertiary/aromatic N) is 2. The molecule has 0 bridgehead atoms. The summed E-state index contributed by atoms with van der Waals surface area (Å²) in [6, 6.07) is 9.50. The average Bonchev–Trinajstić information content (AvgIpc) is 2.85. The number of para-hydroxylation sites is 1. The highest BCUT2D eigenvalue weighted by Crippen LogP contribution is 2.11. The molecule has 6 heteroatoms. The molecular formula is C16H24N4O2. The van der Waals surface area contributed by atoms with E-state index in [-0.39, 0.29) is 6.61 Å². The van der Waals surface area contributed by atoms with Gasteiger partial charge in [-0.05, 0) is 19.1 Å². The molecule has 0 radical (unpaired) electrons. The molecule has 2 aromatic rings. The Labute approximate surface area is 131 Å². The van der Waals surface area contributed by atoms with Gasteiger partial charge in [0, 0.05) is 32.2 Å². The van der Waals surface area contributed by atoms with E-state index in [9.17, 15) is 5.11 Å². The third kappa shape index (κ3) is 5.05. The highest BCUT2D eigenvalue weighted by atomic mass is 16.5. The fourth-order valence-electron chi connectivity index (χ4n) is 2.11. The highest BCUT2D eigenvalue weighted by molar-refractivity contribution is 5.42. The second-order valence-electron chi connectivity index (χ2n) is 5.21. The monoisotopic (exact) mass is 304 g/mol. The Kier molecular flexibility index (Phi) is 6.24. The summed E-state index contributed by atoms with van der Waals surface area (Å²) < 4.78 is 7.32. The van der Waals surface area contributed by atoms with Crippen molar-refractivity contribution in [2.75, 3.05) is 31.6 Å². The average molecular weight is 304 g/mol. The molecule has 0 fully saturated rings. The summed E-state index contributed by atoms with van der Waals surface area (Å²) in [5.41, 5.74) is 1.12. The standard InChI is InChI=1S/C16H24N4O2/c1-13-10-19-20(2)16(13)18-9-8-17-11-14(21)12-22-15-6-4-3-5-7-15/h3-7,10,14,17-18,21H,8-9,11-12H2,1-2H3. The lowest BCUT2D eigenvalue weighted by Crippen LogP contribution is -2.34. The number of anilines is 1. The second-order valence-corrected chi connectivity index (χ2v) is 5.21. The number of aliphatic hydroxyl groups excluding tert-OH is 1. The van der Waals surface area contributed by atoms with Crippen LogP contribution in [0.25, 0.3) is 0 Å². The van der Waals surface area contributed by atoms with E-state index in [1.165, 1.54) is 0 Å². The number of aliphatic hydroxyl groups is 1. The predicted octanol–water partition coefficient (Wildman–Crippen LogP) is 1.17. The molecule has 0 saturated carbocycles. The molecule has 0 spiro atoms. The Morgan fingerprint density at radius 3 is 2.73 bits per heavy atom. The molecule has 1 aromatic heterocycles. The summed E-state index contributed by atoms with van der Waals surface area (Å²) >= 11 is 0. The molecule has 3 N–H and O–H groups in total. The first-order valence-corrected chi connectivity index (χ1v) is 7.46. The van der Waals surface area contributed by atoms with Crippen molar-refractivity contribution in [3.8, 4) is 5.75 Å². The van der Waals surface area contributed by atoms with Gasteiger partial charge in [-0.3, -0.25) is 4.68 Å². The summed E-state index contributed by atoms with van der Waals surface area (Å²) in [4.78, 5) is 0. The minimum Gasteiger partial charge on any atom is -0.491 e. The zero-order valence-corrected chi connectivity index (χ0v) is 13.1. The van der Waals surface area contributed by atoms with Crippen LogP contribution in [0.2, 0.25) is 0 Å². The van der Waals surface area contributed by atoms with E-state index in [0.29, 0.717) is 6.54 Å². The lowest BCUT2D eigenvalue weighted by Gasteiger charge is -2.14. The zero-order chi connectivity index (χ0) is 15.8. The molecule has 22 heavy (non-hydrogen) atoms. The van der Waals surface area contributed by atoms with Gasteiger partial charge in [-0.15, -0.1) is 0 Å². The number of nitrogens with one attached hydrogen (secondary N) is 2. The highest BCUT2D eigenvalue weighted by Gasteiger charge is 2.05. The number of ether oxygens (including phenoxy) is 1. The third-order valence-electron chi connectivity index (χ3n) is 3.28. The zero-order valence-electron chi connectivity index (χ0n) is 13.1. The molecular weight excluding hydrogens is 280 g/mol. The van der Waals surface area contributed by atoms with E-state index in [1.54, 1.807) is 0 Å². The van der Waals surface area contributed by atoms with Crippen LogP contribution in [0.3, 0.4) is 0 Å². The smallest absolute Gasteiger partial charge is 0.126 e. The summed E-state index contributed by atoms with van der Waals surface area (Å²) in [5.74, 6) is 1.80. The van der Waals surface area contributed by atoms with Gasteiger partial charge in [0.2, 0.25) is 0 Å². The lowest BCUT2D eigenvalue weighted by molar-refractivity contribution is 0.107. The number of hydrogen-bond donors (Lipinski definition) is 3. The SMILES string of the molecule is Cc1cnn(C)c1NCCNCC(O)COc1ccccc1. The maximum atomic E-state index is 9.86. The van der Waals surface area contributed by atoms with Crippen molar-refractivity contribution in [1.29, 1.82) is 0 Å². The second kappa shape index (κ2) is 8.41. The molecule has 1 aromatic carbocycles. The van der Waals surface area contributed by atoms with Crippen LogP contribution in [-0.4, -0.2) is 47.2 Å². The van der Waals surface area contributed by atoms with E-state index in [0.717, 1.165) is 30.2 Å². The number of aromatic nitrogens is 2. The molecule has 1 unspecified atom stereocenters. The van der Waals surface area contributed by atoms with Crippen molar-refractivity contribution < 1.29 is 9.84 Å².